The molecule has 0 aliphatic carbocycles. The highest BCUT2D eigenvalue weighted by molar-refractivity contribution is 14.1. The van der Waals surface area contributed by atoms with Crippen LogP contribution in [0.25, 0.3) is 0 Å². The molecule has 3 aromatic carbocycles. The summed E-state index contributed by atoms with van der Waals surface area (Å²) in [4.78, 5) is 29.8. The van der Waals surface area contributed by atoms with Gasteiger partial charge in [0, 0.05) is 9.26 Å². The second kappa shape index (κ2) is 8.48. The summed E-state index contributed by atoms with van der Waals surface area (Å²) in [6, 6.07) is 23.1. The molecular weight excluding hydrogens is 443 g/mol. The van der Waals surface area contributed by atoms with Crippen molar-refractivity contribution in [2.24, 2.45) is 0 Å². The lowest BCUT2D eigenvalue weighted by atomic mass is 10.1. The van der Waals surface area contributed by atoms with E-state index in [1.807, 2.05) is 30.3 Å². The van der Waals surface area contributed by atoms with Crippen molar-refractivity contribution >= 4 is 46.3 Å². The van der Waals surface area contributed by atoms with Crippen LogP contribution in [0.15, 0.2) is 78.9 Å². The minimum absolute atomic E-state index is 0.328. The number of halogens is 1. The Labute approximate surface area is 164 Å². The van der Waals surface area contributed by atoms with E-state index in [1.54, 1.807) is 48.5 Å². The summed E-state index contributed by atoms with van der Waals surface area (Å²) >= 11 is 2.20. The van der Waals surface area contributed by atoms with Gasteiger partial charge in [-0.15, -0.1) is 5.06 Å². The Kier molecular flexibility index (Phi) is 5.85. The Morgan fingerprint density at radius 3 is 2.27 bits per heavy atom. The average Bonchev–Trinajstić information content (AvgIpc) is 2.68. The standard InChI is InChI=1S/C20H15IN2O3/c21-15-10-12-16(13-11-15)22-20(25)18-8-4-5-9-19(18)23(14-24)26-17-6-2-1-3-7-17/h1-14H,(H,22,25). The van der Waals surface area contributed by atoms with Crippen LogP contribution in [0.5, 0.6) is 5.75 Å². The third-order valence-electron chi connectivity index (χ3n) is 3.53. The van der Waals surface area contributed by atoms with Crippen molar-refractivity contribution in [3.8, 4) is 5.75 Å². The van der Waals surface area contributed by atoms with E-state index in [1.165, 1.54) is 0 Å². The number of nitrogens with zero attached hydrogens (tertiary/aromatic N) is 1. The zero-order valence-electron chi connectivity index (χ0n) is 13.6. The van der Waals surface area contributed by atoms with Crippen molar-refractivity contribution in [3.05, 3.63) is 88.0 Å². The Morgan fingerprint density at radius 2 is 1.58 bits per heavy atom. The van der Waals surface area contributed by atoms with Crippen molar-refractivity contribution in [1.82, 2.24) is 0 Å². The summed E-state index contributed by atoms with van der Waals surface area (Å²) in [5, 5.41) is 3.87. The van der Waals surface area contributed by atoms with E-state index in [-0.39, 0.29) is 5.91 Å². The van der Waals surface area contributed by atoms with E-state index in [0.29, 0.717) is 29.1 Å². The van der Waals surface area contributed by atoms with Gasteiger partial charge in [0.15, 0.2) is 5.75 Å². The fourth-order valence-electron chi connectivity index (χ4n) is 2.31. The fourth-order valence-corrected chi connectivity index (χ4v) is 2.67. The molecule has 130 valence electrons. The van der Waals surface area contributed by atoms with Crippen LogP contribution < -0.4 is 15.2 Å². The molecule has 3 aromatic rings. The van der Waals surface area contributed by atoms with Crippen LogP contribution in [0, 0.1) is 3.57 Å². The zero-order valence-corrected chi connectivity index (χ0v) is 15.8. The van der Waals surface area contributed by atoms with Crippen LogP contribution in [-0.4, -0.2) is 12.3 Å². The fraction of sp³-hybridized carbons (Fsp3) is 0. The first-order valence-electron chi connectivity index (χ1n) is 7.81. The highest BCUT2D eigenvalue weighted by Crippen LogP contribution is 2.23. The van der Waals surface area contributed by atoms with E-state index in [4.69, 9.17) is 4.84 Å². The minimum atomic E-state index is -0.328. The molecule has 3 rings (SSSR count). The molecule has 0 fully saturated rings. The maximum atomic E-state index is 12.7. The van der Waals surface area contributed by atoms with E-state index in [2.05, 4.69) is 27.9 Å². The molecule has 0 radical (unpaired) electrons. The van der Waals surface area contributed by atoms with Gasteiger partial charge in [-0.25, -0.2) is 0 Å². The summed E-state index contributed by atoms with van der Waals surface area (Å²) < 4.78 is 1.07. The van der Waals surface area contributed by atoms with Gasteiger partial charge in [0.25, 0.3) is 5.91 Å². The number of hydroxylamine groups is 1. The van der Waals surface area contributed by atoms with Gasteiger partial charge in [-0.2, -0.15) is 0 Å². The summed E-state index contributed by atoms with van der Waals surface area (Å²) in [5.74, 6) is 0.165. The molecule has 0 saturated heterocycles. The predicted molar refractivity (Wildman–Crippen MR) is 109 cm³/mol. The summed E-state index contributed by atoms with van der Waals surface area (Å²) in [6.07, 6.45) is 0.532. The van der Waals surface area contributed by atoms with E-state index in [9.17, 15) is 9.59 Å². The lowest BCUT2D eigenvalue weighted by Crippen LogP contribution is -2.28. The highest BCUT2D eigenvalue weighted by atomic mass is 127. The van der Waals surface area contributed by atoms with Crippen LogP contribution in [0.3, 0.4) is 0 Å². The minimum Gasteiger partial charge on any atom is -0.372 e. The summed E-state index contributed by atoms with van der Waals surface area (Å²) in [5.41, 5.74) is 1.36. The molecule has 0 aliphatic rings. The van der Waals surface area contributed by atoms with Gasteiger partial charge < -0.3 is 10.2 Å². The largest absolute Gasteiger partial charge is 0.372 e. The number of hydrogen-bond acceptors (Lipinski definition) is 3. The number of carbonyl (C=O) groups excluding carboxylic acids is 2. The van der Waals surface area contributed by atoms with Crippen molar-refractivity contribution < 1.29 is 14.4 Å². The number of amides is 2. The van der Waals surface area contributed by atoms with Crippen LogP contribution in [0.1, 0.15) is 10.4 Å². The van der Waals surface area contributed by atoms with Gasteiger partial charge in [-0.1, -0.05) is 30.3 Å². The Hall–Kier alpha value is -2.87. The van der Waals surface area contributed by atoms with Gasteiger partial charge in [0.1, 0.15) is 0 Å². The predicted octanol–water partition coefficient (Wildman–Crippen LogP) is 4.50. The normalized spacial score (nSPS) is 10.0. The van der Waals surface area contributed by atoms with Gasteiger partial charge in [0.2, 0.25) is 6.41 Å². The van der Waals surface area contributed by atoms with E-state index >= 15 is 0 Å². The molecule has 0 aliphatic heterocycles. The number of rotatable bonds is 6. The number of para-hydroxylation sites is 2. The van der Waals surface area contributed by atoms with Crippen molar-refractivity contribution in [2.75, 3.05) is 10.4 Å². The molecule has 0 saturated carbocycles. The Morgan fingerprint density at radius 1 is 0.923 bits per heavy atom. The van der Waals surface area contributed by atoms with Crippen LogP contribution in [-0.2, 0) is 4.79 Å². The van der Waals surface area contributed by atoms with E-state index < -0.39 is 0 Å². The van der Waals surface area contributed by atoms with E-state index in [0.717, 1.165) is 8.63 Å². The molecule has 0 atom stereocenters. The molecule has 5 nitrogen and oxygen atoms in total. The zero-order chi connectivity index (χ0) is 18.4. The van der Waals surface area contributed by atoms with Crippen molar-refractivity contribution in [1.29, 1.82) is 0 Å². The molecule has 0 heterocycles. The number of hydrogen-bond donors (Lipinski definition) is 1. The van der Waals surface area contributed by atoms with Crippen molar-refractivity contribution in [2.45, 2.75) is 0 Å². The molecule has 0 spiro atoms. The maximum absolute atomic E-state index is 12.7. The molecular formula is C20H15IN2O3. The third-order valence-corrected chi connectivity index (χ3v) is 4.25. The molecule has 0 bridgehead atoms. The molecule has 0 aromatic heterocycles. The molecule has 26 heavy (non-hydrogen) atoms. The molecule has 0 unspecified atom stereocenters. The van der Waals surface area contributed by atoms with Crippen LogP contribution in [0.4, 0.5) is 11.4 Å². The Bertz CT molecular complexity index is 898. The average molecular weight is 458 g/mol. The monoisotopic (exact) mass is 458 g/mol. The number of benzene rings is 3. The summed E-state index contributed by atoms with van der Waals surface area (Å²) in [7, 11) is 0. The molecule has 2 amide bonds. The highest BCUT2D eigenvalue weighted by Gasteiger charge is 2.18. The topological polar surface area (TPSA) is 58.6 Å². The first-order valence-corrected chi connectivity index (χ1v) is 8.89. The number of carbonyl (C=O) groups is 2. The summed E-state index contributed by atoms with van der Waals surface area (Å²) in [6.45, 7) is 0. The first-order chi connectivity index (χ1) is 12.7. The second-order valence-electron chi connectivity index (χ2n) is 5.31. The van der Waals surface area contributed by atoms with Gasteiger partial charge in [-0.05, 0) is 71.1 Å². The SMILES string of the molecule is O=CN(Oc1ccccc1)c1ccccc1C(=O)Nc1ccc(I)cc1. The lowest BCUT2D eigenvalue weighted by Gasteiger charge is -2.20. The number of nitrogens with one attached hydrogen (secondary N) is 1. The smallest absolute Gasteiger partial charge is 0.257 e. The van der Waals surface area contributed by atoms with Gasteiger partial charge in [0.05, 0.1) is 11.3 Å². The molecule has 6 heteroatoms. The number of anilines is 2. The van der Waals surface area contributed by atoms with Crippen LogP contribution >= 0.6 is 22.6 Å². The van der Waals surface area contributed by atoms with Crippen LogP contribution in [0.2, 0.25) is 0 Å². The third kappa shape index (κ3) is 4.40. The van der Waals surface area contributed by atoms with Crippen molar-refractivity contribution in [3.63, 3.8) is 0 Å². The quantitative estimate of drug-likeness (QED) is 0.336. The second-order valence-corrected chi connectivity index (χ2v) is 6.56. The first kappa shape index (κ1) is 17.9. The van der Waals surface area contributed by atoms with Gasteiger partial charge >= 0.3 is 0 Å². The Balaban J connectivity index is 1.85. The lowest BCUT2D eigenvalue weighted by molar-refractivity contribution is -0.111. The maximum Gasteiger partial charge on any atom is 0.257 e. The van der Waals surface area contributed by atoms with Gasteiger partial charge in [-0.3, -0.25) is 9.59 Å². The molecule has 1 N–H and O–H groups in total.